The highest BCUT2D eigenvalue weighted by molar-refractivity contribution is 5.79. The van der Waals surface area contributed by atoms with Gasteiger partial charge in [0.05, 0.1) is 0 Å². The molecule has 0 aromatic rings. The minimum absolute atomic E-state index is 0.346. The predicted molar refractivity (Wildman–Crippen MR) is 101 cm³/mol. The molecule has 0 aliphatic heterocycles. The van der Waals surface area contributed by atoms with Crippen LogP contribution in [0, 0.1) is 52.3 Å². The van der Waals surface area contributed by atoms with Crippen LogP contribution in [0.3, 0.4) is 0 Å². The number of fused-ring (bicyclic) bond motifs is 5. The predicted octanol–water partition coefficient (Wildman–Crippen LogP) is 5.09. The fraction of sp³-hybridized carbons (Fsp3) is 0.957. The standard InChI is InChI=1S/C23H38O2/c1-14-11-16-12-17(25)7-9-22(16,3)20-8-10-23(4)18(15(2)13-24)5-6-19(23)21(14)20/h14-16,18-21,24H,5-13H2,1-4H3/t14-,15?,16+,18?,19?,20?,21?,22?,23?/m1/s1. The fourth-order valence-electron chi connectivity index (χ4n) is 8.53. The van der Waals surface area contributed by atoms with E-state index in [-0.39, 0.29) is 0 Å². The van der Waals surface area contributed by atoms with E-state index < -0.39 is 0 Å². The number of rotatable bonds is 2. The van der Waals surface area contributed by atoms with Crippen LogP contribution in [0.1, 0.15) is 79.1 Å². The van der Waals surface area contributed by atoms with Crippen molar-refractivity contribution in [3.05, 3.63) is 0 Å². The molecule has 0 amide bonds. The summed E-state index contributed by atoms with van der Waals surface area (Å²) in [5, 5.41) is 9.77. The summed E-state index contributed by atoms with van der Waals surface area (Å²) in [7, 11) is 0. The van der Waals surface area contributed by atoms with Gasteiger partial charge in [-0.1, -0.05) is 27.7 Å². The minimum Gasteiger partial charge on any atom is -0.396 e. The number of carbonyl (C=O) groups excluding carboxylic acids is 1. The van der Waals surface area contributed by atoms with Crippen LogP contribution in [0.25, 0.3) is 0 Å². The molecule has 0 heterocycles. The molecule has 4 rings (SSSR count). The van der Waals surface area contributed by atoms with E-state index in [0.717, 1.165) is 42.9 Å². The van der Waals surface area contributed by atoms with E-state index in [9.17, 15) is 9.90 Å². The first-order valence-corrected chi connectivity index (χ1v) is 10.9. The van der Waals surface area contributed by atoms with Gasteiger partial charge in [-0.25, -0.2) is 0 Å². The zero-order valence-corrected chi connectivity index (χ0v) is 16.8. The topological polar surface area (TPSA) is 37.3 Å². The second-order valence-corrected chi connectivity index (χ2v) is 10.8. The number of aliphatic hydroxyl groups is 1. The van der Waals surface area contributed by atoms with Gasteiger partial charge in [0.25, 0.3) is 0 Å². The smallest absolute Gasteiger partial charge is 0.133 e. The summed E-state index contributed by atoms with van der Waals surface area (Å²) in [6.45, 7) is 10.2. The van der Waals surface area contributed by atoms with Gasteiger partial charge in [-0.3, -0.25) is 4.79 Å². The van der Waals surface area contributed by atoms with Crippen LogP contribution >= 0.6 is 0 Å². The summed E-state index contributed by atoms with van der Waals surface area (Å²) in [6.07, 6.45) is 9.50. The van der Waals surface area contributed by atoms with Crippen molar-refractivity contribution in [2.45, 2.75) is 79.1 Å². The number of carbonyl (C=O) groups is 1. The molecule has 9 atom stereocenters. The largest absolute Gasteiger partial charge is 0.396 e. The number of Topliss-reactive ketones (excluding diaryl/α,β-unsaturated/α-hetero) is 1. The van der Waals surface area contributed by atoms with E-state index in [1.54, 1.807) is 0 Å². The summed E-state index contributed by atoms with van der Waals surface area (Å²) in [6, 6.07) is 0. The highest BCUT2D eigenvalue weighted by Gasteiger charge is 2.62. The number of aliphatic hydroxyl groups excluding tert-OH is 1. The Morgan fingerprint density at radius 2 is 1.84 bits per heavy atom. The lowest BCUT2D eigenvalue weighted by Gasteiger charge is -2.62. The molecule has 0 radical (unpaired) electrons. The molecule has 4 aliphatic rings. The first-order valence-electron chi connectivity index (χ1n) is 10.9. The first-order chi connectivity index (χ1) is 11.8. The lowest BCUT2D eigenvalue weighted by Crippen LogP contribution is -2.56. The van der Waals surface area contributed by atoms with Crippen molar-refractivity contribution in [1.82, 2.24) is 0 Å². The number of ketones is 1. The molecule has 142 valence electrons. The third-order valence-corrected chi connectivity index (χ3v) is 9.89. The molecule has 25 heavy (non-hydrogen) atoms. The Morgan fingerprint density at radius 1 is 1.12 bits per heavy atom. The second kappa shape index (κ2) is 6.08. The van der Waals surface area contributed by atoms with E-state index in [0.29, 0.717) is 41.0 Å². The van der Waals surface area contributed by atoms with Gasteiger partial charge in [0, 0.05) is 19.4 Å². The van der Waals surface area contributed by atoms with Gasteiger partial charge < -0.3 is 5.11 Å². The SMILES string of the molecule is CC(CO)C1CCC2C3C(CCC12C)C1(C)CCC(=O)C[C@@H]1C[C@H]3C. The Bertz CT molecular complexity index is 542. The average molecular weight is 347 g/mol. The third kappa shape index (κ3) is 2.49. The zero-order valence-electron chi connectivity index (χ0n) is 16.8. The summed E-state index contributed by atoms with van der Waals surface area (Å²) in [5.74, 6) is 5.60. The van der Waals surface area contributed by atoms with Crippen molar-refractivity contribution in [3.63, 3.8) is 0 Å². The molecular weight excluding hydrogens is 308 g/mol. The molecule has 1 N–H and O–H groups in total. The normalized spacial score (nSPS) is 53.7. The molecule has 0 spiro atoms. The van der Waals surface area contributed by atoms with E-state index >= 15 is 0 Å². The number of hydrogen-bond acceptors (Lipinski definition) is 2. The van der Waals surface area contributed by atoms with Gasteiger partial charge in [0.15, 0.2) is 0 Å². The summed E-state index contributed by atoms with van der Waals surface area (Å²) in [5.41, 5.74) is 0.846. The molecule has 4 fully saturated rings. The van der Waals surface area contributed by atoms with Crippen LogP contribution in [0.4, 0.5) is 0 Å². The van der Waals surface area contributed by atoms with Crippen LogP contribution in [0.2, 0.25) is 0 Å². The zero-order chi connectivity index (χ0) is 18.0. The molecular formula is C23H38O2. The molecule has 4 aliphatic carbocycles. The third-order valence-electron chi connectivity index (χ3n) is 9.89. The van der Waals surface area contributed by atoms with Gasteiger partial charge in [-0.2, -0.15) is 0 Å². The Morgan fingerprint density at radius 3 is 2.56 bits per heavy atom. The molecule has 0 aromatic carbocycles. The van der Waals surface area contributed by atoms with E-state index in [1.165, 1.54) is 32.1 Å². The maximum Gasteiger partial charge on any atom is 0.133 e. The average Bonchev–Trinajstić information content (AvgIpc) is 2.93. The van der Waals surface area contributed by atoms with E-state index in [4.69, 9.17) is 0 Å². The minimum atomic E-state index is 0.346. The molecule has 0 saturated heterocycles. The first kappa shape index (κ1) is 18.0. The highest BCUT2D eigenvalue weighted by Crippen LogP contribution is 2.69. The molecule has 2 nitrogen and oxygen atoms in total. The van der Waals surface area contributed by atoms with E-state index in [2.05, 4.69) is 27.7 Å². The maximum atomic E-state index is 12.1. The van der Waals surface area contributed by atoms with Crippen molar-refractivity contribution in [2.75, 3.05) is 6.61 Å². The van der Waals surface area contributed by atoms with Crippen molar-refractivity contribution >= 4 is 5.78 Å². The van der Waals surface area contributed by atoms with Crippen LogP contribution in [-0.2, 0) is 4.79 Å². The summed E-state index contributed by atoms with van der Waals surface area (Å²) in [4.78, 5) is 12.1. The number of hydrogen-bond donors (Lipinski definition) is 1. The Balaban J connectivity index is 1.64. The maximum absolute atomic E-state index is 12.1. The van der Waals surface area contributed by atoms with Gasteiger partial charge in [0.1, 0.15) is 5.78 Å². The molecule has 0 aromatic heterocycles. The lowest BCUT2D eigenvalue weighted by atomic mass is 9.42. The molecule has 7 unspecified atom stereocenters. The van der Waals surface area contributed by atoms with Crippen LogP contribution in [-0.4, -0.2) is 17.5 Å². The Kier molecular flexibility index (Phi) is 4.38. The van der Waals surface area contributed by atoms with Crippen molar-refractivity contribution in [1.29, 1.82) is 0 Å². The second-order valence-electron chi connectivity index (χ2n) is 10.8. The highest BCUT2D eigenvalue weighted by atomic mass is 16.3. The Hall–Kier alpha value is -0.370. The van der Waals surface area contributed by atoms with Crippen LogP contribution < -0.4 is 0 Å². The summed E-state index contributed by atoms with van der Waals surface area (Å²) < 4.78 is 0. The summed E-state index contributed by atoms with van der Waals surface area (Å²) >= 11 is 0. The van der Waals surface area contributed by atoms with Gasteiger partial charge >= 0.3 is 0 Å². The lowest BCUT2D eigenvalue weighted by molar-refractivity contribution is -0.151. The molecule has 0 bridgehead atoms. The van der Waals surface area contributed by atoms with Gasteiger partial charge in [0.2, 0.25) is 0 Å². The molecule has 4 saturated carbocycles. The van der Waals surface area contributed by atoms with Gasteiger partial charge in [-0.15, -0.1) is 0 Å². The quantitative estimate of drug-likeness (QED) is 0.756. The van der Waals surface area contributed by atoms with Crippen molar-refractivity contribution in [3.8, 4) is 0 Å². The van der Waals surface area contributed by atoms with Crippen LogP contribution in [0.15, 0.2) is 0 Å². The van der Waals surface area contributed by atoms with Crippen LogP contribution in [0.5, 0.6) is 0 Å². The monoisotopic (exact) mass is 346 g/mol. The van der Waals surface area contributed by atoms with Gasteiger partial charge in [-0.05, 0) is 90.8 Å². The van der Waals surface area contributed by atoms with Crippen molar-refractivity contribution in [2.24, 2.45) is 52.3 Å². The Labute approximate surface area is 154 Å². The fourth-order valence-corrected chi connectivity index (χ4v) is 8.53. The molecule has 2 heteroatoms. The van der Waals surface area contributed by atoms with E-state index in [1.807, 2.05) is 0 Å². The van der Waals surface area contributed by atoms with Crippen molar-refractivity contribution < 1.29 is 9.90 Å².